The highest BCUT2D eigenvalue weighted by atomic mass is 16.3. The van der Waals surface area contributed by atoms with Crippen LogP contribution in [0.25, 0.3) is 0 Å². The molecule has 17 heavy (non-hydrogen) atoms. The number of aliphatic hydroxyl groups is 1. The summed E-state index contributed by atoms with van der Waals surface area (Å²) >= 11 is 0. The number of unbranched alkanes of at least 4 members (excludes halogenated alkanes) is 6. The van der Waals surface area contributed by atoms with E-state index in [4.69, 9.17) is 0 Å². The highest BCUT2D eigenvalue weighted by Crippen LogP contribution is 2.24. The van der Waals surface area contributed by atoms with E-state index >= 15 is 0 Å². The van der Waals surface area contributed by atoms with E-state index in [1.807, 2.05) is 0 Å². The van der Waals surface area contributed by atoms with Crippen LogP contribution in [0.4, 0.5) is 0 Å². The monoisotopic (exact) mass is 241 g/mol. The first-order valence-corrected chi connectivity index (χ1v) is 7.73. The predicted molar refractivity (Wildman–Crippen MR) is 74.2 cm³/mol. The predicted octanol–water partition coefficient (Wildman–Crippen LogP) is 3.49. The van der Waals surface area contributed by atoms with Crippen LogP contribution in [0.3, 0.4) is 0 Å². The number of hydrogen-bond donors (Lipinski definition) is 2. The Kier molecular flexibility index (Phi) is 8.72. The van der Waals surface area contributed by atoms with E-state index in [-0.39, 0.29) is 6.10 Å². The van der Waals surface area contributed by atoms with E-state index in [9.17, 15) is 5.11 Å². The highest BCUT2D eigenvalue weighted by Gasteiger charge is 2.24. The van der Waals surface area contributed by atoms with Crippen LogP contribution in [0.2, 0.25) is 0 Å². The Morgan fingerprint density at radius 2 is 1.71 bits per heavy atom. The van der Waals surface area contributed by atoms with Crippen LogP contribution in [0.1, 0.15) is 71.1 Å². The molecule has 0 spiro atoms. The van der Waals surface area contributed by atoms with Gasteiger partial charge in [0.2, 0.25) is 0 Å². The smallest absolute Gasteiger partial charge is 0.0580 e. The van der Waals surface area contributed by atoms with Gasteiger partial charge in [-0.15, -0.1) is 0 Å². The molecule has 2 N–H and O–H groups in total. The average Bonchev–Trinajstić information content (AvgIpc) is 2.73. The molecule has 0 radical (unpaired) electrons. The second-order valence-corrected chi connectivity index (χ2v) is 5.58. The lowest BCUT2D eigenvalue weighted by Gasteiger charge is -2.14. The number of hydrogen-bond acceptors (Lipinski definition) is 2. The van der Waals surface area contributed by atoms with Gasteiger partial charge in [0.1, 0.15) is 0 Å². The molecule has 2 atom stereocenters. The molecule has 0 aromatic rings. The van der Waals surface area contributed by atoms with Crippen LogP contribution >= 0.6 is 0 Å². The van der Waals surface area contributed by atoms with E-state index in [2.05, 4.69) is 12.2 Å². The Labute approximate surface area is 107 Å². The van der Waals surface area contributed by atoms with Gasteiger partial charge in [0.15, 0.2) is 0 Å². The van der Waals surface area contributed by atoms with Gasteiger partial charge in [-0.05, 0) is 31.7 Å². The van der Waals surface area contributed by atoms with Crippen molar-refractivity contribution in [2.75, 3.05) is 13.1 Å². The third-order valence-corrected chi connectivity index (χ3v) is 3.98. The maximum atomic E-state index is 9.67. The fourth-order valence-corrected chi connectivity index (χ4v) is 2.75. The molecule has 0 amide bonds. The van der Waals surface area contributed by atoms with Gasteiger partial charge in [0, 0.05) is 6.54 Å². The zero-order valence-electron chi connectivity index (χ0n) is 11.6. The summed E-state index contributed by atoms with van der Waals surface area (Å²) in [6, 6.07) is 0. The minimum Gasteiger partial charge on any atom is -0.393 e. The first-order chi connectivity index (χ1) is 8.34. The fourth-order valence-electron chi connectivity index (χ4n) is 2.75. The van der Waals surface area contributed by atoms with E-state index in [1.165, 1.54) is 57.8 Å². The van der Waals surface area contributed by atoms with Gasteiger partial charge >= 0.3 is 0 Å². The number of rotatable bonds is 10. The molecule has 1 fully saturated rings. The van der Waals surface area contributed by atoms with E-state index in [0.29, 0.717) is 5.92 Å². The molecule has 0 aromatic carbocycles. The molecule has 102 valence electrons. The van der Waals surface area contributed by atoms with Gasteiger partial charge in [0.05, 0.1) is 6.10 Å². The lowest BCUT2D eigenvalue weighted by atomic mass is 10.1. The topological polar surface area (TPSA) is 32.3 Å². The highest BCUT2D eigenvalue weighted by molar-refractivity contribution is 4.77. The van der Waals surface area contributed by atoms with E-state index in [0.717, 1.165) is 19.5 Å². The molecule has 1 aliphatic rings. The number of nitrogens with one attached hydrogen (secondary N) is 1. The van der Waals surface area contributed by atoms with Crippen molar-refractivity contribution in [1.29, 1.82) is 0 Å². The van der Waals surface area contributed by atoms with Crippen molar-refractivity contribution in [1.82, 2.24) is 5.32 Å². The van der Waals surface area contributed by atoms with Gasteiger partial charge in [-0.2, -0.15) is 0 Å². The van der Waals surface area contributed by atoms with Crippen molar-refractivity contribution in [3.63, 3.8) is 0 Å². The molecule has 1 rings (SSSR count). The van der Waals surface area contributed by atoms with Crippen LogP contribution in [-0.2, 0) is 0 Å². The summed E-state index contributed by atoms with van der Waals surface area (Å²) in [5, 5.41) is 13.2. The van der Waals surface area contributed by atoms with Crippen molar-refractivity contribution in [3.8, 4) is 0 Å². The zero-order valence-corrected chi connectivity index (χ0v) is 11.6. The molecule has 1 aliphatic carbocycles. The lowest BCUT2D eigenvalue weighted by molar-refractivity contribution is 0.131. The van der Waals surface area contributed by atoms with Crippen LogP contribution in [0.5, 0.6) is 0 Å². The summed E-state index contributed by atoms with van der Waals surface area (Å²) in [5.41, 5.74) is 0. The minimum atomic E-state index is -0.0310. The molecule has 2 heteroatoms. The summed E-state index contributed by atoms with van der Waals surface area (Å²) in [4.78, 5) is 0. The van der Waals surface area contributed by atoms with Crippen LogP contribution < -0.4 is 5.32 Å². The Morgan fingerprint density at radius 1 is 1.00 bits per heavy atom. The molecule has 1 saturated carbocycles. The lowest BCUT2D eigenvalue weighted by Crippen LogP contribution is -2.28. The molecule has 2 unspecified atom stereocenters. The third-order valence-electron chi connectivity index (χ3n) is 3.98. The first kappa shape index (κ1) is 15.0. The van der Waals surface area contributed by atoms with Crippen LogP contribution in [-0.4, -0.2) is 24.3 Å². The summed E-state index contributed by atoms with van der Waals surface area (Å²) in [6.45, 7) is 4.43. The maximum absolute atomic E-state index is 9.67. The molecular formula is C15H31NO. The second kappa shape index (κ2) is 9.90. The van der Waals surface area contributed by atoms with Crippen molar-refractivity contribution >= 4 is 0 Å². The Hall–Kier alpha value is -0.0800. The normalized spacial score (nSPS) is 24.4. The van der Waals surface area contributed by atoms with Crippen molar-refractivity contribution < 1.29 is 5.11 Å². The van der Waals surface area contributed by atoms with Gasteiger partial charge in [-0.3, -0.25) is 0 Å². The van der Waals surface area contributed by atoms with E-state index in [1.54, 1.807) is 0 Å². The van der Waals surface area contributed by atoms with Crippen LogP contribution in [0.15, 0.2) is 0 Å². The fraction of sp³-hybridized carbons (Fsp3) is 1.00. The summed E-state index contributed by atoms with van der Waals surface area (Å²) in [6.07, 6.45) is 13.0. The van der Waals surface area contributed by atoms with Crippen molar-refractivity contribution in [2.24, 2.45) is 5.92 Å². The van der Waals surface area contributed by atoms with Gasteiger partial charge < -0.3 is 10.4 Å². The Morgan fingerprint density at radius 3 is 2.35 bits per heavy atom. The van der Waals surface area contributed by atoms with E-state index < -0.39 is 0 Å². The van der Waals surface area contributed by atoms with Crippen LogP contribution in [0, 0.1) is 5.92 Å². The van der Waals surface area contributed by atoms with Gasteiger partial charge in [-0.25, -0.2) is 0 Å². The summed E-state index contributed by atoms with van der Waals surface area (Å²) < 4.78 is 0. The first-order valence-electron chi connectivity index (χ1n) is 7.73. The Bertz CT molecular complexity index is 172. The second-order valence-electron chi connectivity index (χ2n) is 5.58. The molecule has 0 heterocycles. The molecule has 0 aliphatic heterocycles. The maximum Gasteiger partial charge on any atom is 0.0580 e. The average molecular weight is 241 g/mol. The standard InChI is InChI=1S/C15H31NO/c1-2-3-4-5-6-7-8-12-16-13-14-10-9-11-15(14)17/h14-17H,2-13H2,1H3. The zero-order chi connectivity index (χ0) is 12.3. The summed E-state index contributed by atoms with van der Waals surface area (Å²) in [5.74, 6) is 0.527. The van der Waals surface area contributed by atoms with Gasteiger partial charge in [-0.1, -0.05) is 51.9 Å². The largest absolute Gasteiger partial charge is 0.393 e. The molecule has 0 saturated heterocycles. The molecule has 0 bridgehead atoms. The minimum absolute atomic E-state index is 0.0310. The molecular weight excluding hydrogens is 210 g/mol. The quantitative estimate of drug-likeness (QED) is 0.574. The Balaban J connectivity index is 1.78. The van der Waals surface area contributed by atoms with Crippen molar-refractivity contribution in [3.05, 3.63) is 0 Å². The number of aliphatic hydroxyl groups excluding tert-OH is 1. The van der Waals surface area contributed by atoms with Gasteiger partial charge in [0.25, 0.3) is 0 Å². The SMILES string of the molecule is CCCCCCCCCNCC1CCCC1O. The summed E-state index contributed by atoms with van der Waals surface area (Å²) in [7, 11) is 0. The molecule has 0 aromatic heterocycles. The van der Waals surface area contributed by atoms with Crippen molar-refractivity contribution in [2.45, 2.75) is 77.2 Å². The molecule has 2 nitrogen and oxygen atoms in total. The third kappa shape index (κ3) is 7.05.